The van der Waals surface area contributed by atoms with Crippen LogP contribution in [0.4, 0.5) is 0 Å². The van der Waals surface area contributed by atoms with Crippen LogP contribution in [0.3, 0.4) is 0 Å². The monoisotopic (exact) mass is 255 g/mol. The minimum absolute atomic E-state index is 0.0502. The van der Waals surface area contributed by atoms with Crippen LogP contribution in [0.25, 0.3) is 0 Å². The average molecular weight is 255 g/mol. The van der Waals surface area contributed by atoms with E-state index in [-0.39, 0.29) is 11.5 Å². The second-order valence-electron chi connectivity index (χ2n) is 5.49. The zero-order valence-electron chi connectivity index (χ0n) is 10.8. The van der Waals surface area contributed by atoms with Crippen molar-refractivity contribution in [1.29, 1.82) is 0 Å². The first-order valence-corrected chi connectivity index (χ1v) is 6.98. The van der Waals surface area contributed by atoms with Crippen molar-refractivity contribution in [1.82, 2.24) is 15.2 Å². The molecule has 98 valence electrons. The molecular weight excluding hydrogens is 238 g/mol. The Morgan fingerprint density at radius 1 is 1.21 bits per heavy atom. The molecule has 1 unspecified atom stereocenters. The van der Waals surface area contributed by atoms with Gasteiger partial charge in [-0.05, 0) is 31.2 Å². The molecule has 19 heavy (non-hydrogen) atoms. The van der Waals surface area contributed by atoms with Gasteiger partial charge in [-0.3, -0.25) is 5.10 Å². The van der Waals surface area contributed by atoms with Gasteiger partial charge in [0.2, 0.25) is 0 Å². The average Bonchev–Trinajstić information content (AvgIpc) is 2.92. The van der Waals surface area contributed by atoms with Gasteiger partial charge in [0.1, 0.15) is 6.10 Å². The summed E-state index contributed by atoms with van der Waals surface area (Å²) < 4.78 is 5.66. The fraction of sp³-hybridized carbons (Fsp3) is 0.467. The third-order valence-corrected chi connectivity index (χ3v) is 4.24. The molecule has 1 aliphatic carbocycles. The van der Waals surface area contributed by atoms with E-state index >= 15 is 0 Å². The lowest BCUT2D eigenvalue weighted by molar-refractivity contribution is 0.105. The normalized spacial score (nSPS) is 24.5. The first-order valence-electron chi connectivity index (χ1n) is 6.98. The van der Waals surface area contributed by atoms with E-state index in [0.29, 0.717) is 0 Å². The van der Waals surface area contributed by atoms with Gasteiger partial charge >= 0.3 is 0 Å². The second-order valence-corrected chi connectivity index (χ2v) is 5.49. The molecular formula is C15H17N3O. The number of aromatic nitrogens is 3. The molecule has 0 spiro atoms. The number of aromatic amines is 1. The van der Waals surface area contributed by atoms with Crippen LogP contribution in [0.2, 0.25) is 0 Å². The minimum atomic E-state index is 0.0502. The van der Waals surface area contributed by atoms with Crippen molar-refractivity contribution in [2.45, 2.75) is 37.2 Å². The summed E-state index contributed by atoms with van der Waals surface area (Å²) in [5.41, 5.74) is 1.38. The molecule has 1 aromatic heterocycles. The van der Waals surface area contributed by atoms with Gasteiger partial charge in [0, 0.05) is 6.61 Å². The van der Waals surface area contributed by atoms with E-state index < -0.39 is 0 Å². The summed E-state index contributed by atoms with van der Waals surface area (Å²) in [6, 6.07) is 10.6. The zero-order chi connectivity index (χ0) is 12.7. The molecule has 4 rings (SSSR count). The molecule has 2 aliphatic rings. The van der Waals surface area contributed by atoms with E-state index in [0.717, 1.165) is 43.9 Å². The fourth-order valence-corrected chi connectivity index (χ4v) is 2.95. The van der Waals surface area contributed by atoms with Crippen LogP contribution in [0.15, 0.2) is 30.3 Å². The molecule has 1 aromatic carbocycles. The maximum atomic E-state index is 5.66. The van der Waals surface area contributed by atoms with Crippen molar-refractivity contribution in [3.8, 4) is 0 Å². The van der Waals surface area contributed by atoms with Gasteiger partial charge < -0.3 is 4.74 Å². The summed E-state index contributed by atoms with van der Waals surface area (Å²) in [6.07, 6.45) is 4.56. The topological polar surface area (TPSA) is 50.8 Å². The Morgan fingerprint density at radius 3 is 2.74 bits per heavy atom. The lowest BCUT2D eigenvalue weighted by atomic mass is 9.95. The Hall–Kier alpha value is -1.68. The van der Waals surface area contributed by atoms with Crippen molar-refractivity contribution in [3.05, 3.63) is 47.5 Å². The van der Waals surface area contributed by atoms with Crippen LogP contribution in [0.5, 0.6) is 0 Å². The van der Waals surface area contributed by atoms with Gasteiger partial charge in [0.25, 0.3) is 0 Å². The number of hydrogen-bond acceptors (Lipinski definition) is 3. The molecule has 2 aromatic rings. The maximum absolute atomic E-state index is 5.66. The van der Waals surface area contributed by atoms with E-state index in [4.69, 9.17) is 9.72 Å². The SMILES string of the molecule is c1ccc(C2(c3n[nH]c(C4CCCO4)n3)CC2)cc1. The smallest absolute Gasteiger partial charge is 0.161 e. The minimum Gasteiger partial charge on any atom is -0.370 e. The van der Waals surface area contributed by atoms with Crippen molar-refractivity contribution in [3.63, 3.8) is 0 Å². The Balaban J connectivity index is 1.66. The zero-order valence-corrected chi connectivity index (χ0v) is 10.8. The van der Waals surface area contributed by atoms with Crippen molar-refractivity contribution >= 4 is 0 Å². The Labute approximate surface area is 112 Å². The molecule has 0 radical (unpaired) electrons. The number of H-pyrrole nitrogens is 1. The number of rotatable bonds is 3. The number of nitrogens with one attached hydrogen (secondary N) is 1. The Kier molecular flexibility index (Phi) is 2.45. The molecule has 4 nitrogen and oxygen atoms in total. The predicted molar refractivity (Wildman–Crippen MR) is 70.8 cm³/mol. The highest BCUT2D eigenvalue weighted by atomic mass is 16.5. The van der Waals surface area contributed by atoms with Gasteiger partial charge in [-0.2, -0.15) is 5.10 Å². The van der Waals surface area contributed by atoms with Crippen molar-refractivity contribution < 1.29 is 4.74 Å². The van der Waals surface area contributed by atoms with Crippen LogP contribution < -0.4 is 0 Å². The van der Waals surface area contributed by atoms with Gasteiger partial charge in [-0.1, -0.05) is 30.3 Å². The van der Waals surface area contributed by atoms with Gasteiger partial charge in [0.15, 0.2) is 11.6 Å². The molecule has 1 aliphatic heterocycles. The quantitative estimate of drug-likeness (QED) is 0.917. The summed E-state index contributed by atoms with van der Waals surface area (Å²) in [4.78, 5) is 4.71. The van der Waals surface area contributed by atoms with Gasteiger partial charge in [-0.25, -0.2) is 4.98 Å². The fourth-order valence-electron chi connectivity index (χ4n) is 2.95. The van der Waals surface area contributed by atoms with E-state index in [2.05, 4.69) is 40.5 Å². The standard InChI is InChI=1S/C15H17N3O/c1-2-5-11(6-3-1)15(8-9-15)14-16-13(17-18-14)12-7-4-10-19-12/h1-3,5-6,12H,4,7-10H2,(H,16,17,18). The first kappa shape index (κ1) is 11.2. The number of benzene rings is 1. The van der Waals surface area contributed by atoms with Gasteiger partial charge in [-0.15, -0.1) is 0 Å². The summed E-state index contributed by atoms with van der Waals surface area (Å²) in [6.45, 7) is 0.838. The largest absolute Gasteiger partial charge is 0.370 e. The van der Waals surface area contributed by atoms with Crippen LogP contribution in [0.1, 0.15) is 49.0 Å². The van der Waals surface area contributed by atoms with Crippen molar-refractivity contribution in [2.75, 3.05) is 6.61 Å². The first-order chi connectivity index (χ1) is 9.38. The second kappa shape index (κ2) is 4.17. The van der Waals surface area contributed by atoms with Crippen LogP contribution in [-0.2, 0) is 10.2 Å². The van der Waals surface area contributed by atoms with Crippen LogP contribution in [0, 0.1) is 0 Å². The molecule has 0 amide bonds. The third kappa shape index (κ3) is 1.78. The highest BCUT2D eigenvalue weighted by molar-refractivity contribution is 5.38. The lowest BCUT2D eigenvalue weighted by Crippen LogP contribution is -2.11. The van der Waals surface area contributed by atoms with Crippen molar-refractivity contribution in [2.24, 2.45) is 0 Å². The van der Waals surface area contributed by atoms with E-state index in [9.17, 15) is 0 Å². The van der Waals surface area contributed by atoms with Crippen LogP contribution in [-0.4, -0.2) is 21.8 Å². The van der Waals surface area contributed by atoms with Gasteiger partial charge in [0.05, 0.1) is 5.41 Å². The van der Waals surface area contributed by atoms with E-state index in [1.54, 1.807) is 0 Å². The third-order valence-electron chi connectivity index (χ3n) is 4.24. The molecule has 1 saturated carbocycles. The number of hydrogen-bond donors (Lipinski definition) is 1. The lowest BCUT2D eigenvalue weighted by Gasteiger charge is -2.11. The maximum Gasteiger partial charge on any atom is 0.161 e. The molecule has 1 saturated heterocycles. The number of nitrogens with zero attached hydrogens (tertiary/aromatic N) is 2. The molecule has 1 atom stereocenters. The highest BCUT2D eigenvalue weighted by Gasteiger charge is 2.49. The number of ether oxygens (including phenoxy) is 1. The molecule has 2 fully saturated rings. The molecule has 0 bridgehead atoms. The summed E-state index contributed by atoms with van der Waals surface area (Å²) in [5.74, 6) is 1.83. The summed E-state index contributed by atoms with van der Waals surface area (Å²) in [5, 5.41) is 7.53. The van der Waals surface area contributed by atoms with E-state index in [1.807, 2.05) is 0 Å². The summed E-state index contributed by atoms with van der Waals surface area (Å²) >= 11 is 0. The highest BCUT2D eigenvalue weighted by Crippen LogP contribution is 2.52. The molecule has 2 heterocycles. The predicted octanol–water partition coefficient (Wildman–Crippen LogP) is 2.74. The van der Waals surface area contributed by atoms with E-state index in [1.165, 1.54) is 5.56 Å². The summed E-state index contributed by atoms with van der Waals surface area (Å²) in [7, 11) is 0. The Bertz CT molecular complexity index is 568. The molecule has 4 heteroatoms. The molecule has 1 N–H and O–H groups in total. The van der Waals surface area contributed by atoms with Crippen LogP contribution >= 0.6 is 0 Å². The Morgan fingerprint density at radius 2 is 2.05 bits per heavy atom.